The van der Waals surface area contributed by atoms with Crippen LogP contribution in [0.15, 0.2) is 61.2 Å². The van der Waals surface area contributed by atoms with Crippen LogP contribution < -0.4 is 5.32 Å². The van der Waals surface area contributed by atoms with Crippen molar-refractivity contribution in [2.24, 2.45) is 0 Å². The lowest BCUT2D eigenvalue weighted by Crippen LogP contribution is -2.00. The highest BCUT2D eigenvalue weighted by Crippen LogP contribution is 2.15. The topological polar surface area (TPSA) is 42.7 Å². The molecule has 1 N–H and O–H groups in total. The molecule has 1 heterocycles. The fourth-order valence-electron chi connectivity index (χ4n) is 2.14. The minimum atomic E-state index is 0.813. The minimum absolute atomic E-state index is 0.813. The molecule has 3 rings (SSSR count). The summed E-state index contributed by atoms with van der Waals surface area (Å²) in [6, 6.07) is 16.7. The summed E-state index contributed by atoms with van der Waals surface area (Å²) in [5, 5.41) is 11.1. The second kappa shape index (κ2) is 5.57. The SMILES string of the molecule is Cc1cccc(CNc2cccc(-n3cnnc3)c2)c1. The van der Waals surface area contributed by atoms with Gasteiger partial charge >= 0.3 is 0 Å². The standard InChI is InChI=1S/C16H16N4/c1-13-4-2-5-14(8-13)10-17-15-6-3-7-16(9-15)20-11-18-19-12-20/h2-9,11-12,17H,10H2,1H3. The van der Waals surface area contributed by atoms with E-state index in [9.17, 15) is 0 Å². The Labute approximate surface area is 118 Å². The first-order valence-corrected chi connectivity index (χ1v) is 6.56. The molecule has 100 valence electrons. The summed E-state index contributed by atoms with van der Waals surface area (Å²) in [6.45, 7) is 2.92. The zero-order chi connectivity index (χ0) is 13.8. The van der Waals surface area contributed by atoms with E-state index in [1.165, 1.54) is 11.1 Å². The maximum atomic E-state index is 3.82. The Balaban J connectivity index is 1.73. The van der Waals surface area contributed by atoms with Crippen LogP contribution in [0.25, 0.3) is 5.69 Å². The smallest absolute Gasteiger partial charge is 0.123 e. The maximum absolute atomic E-state index is 3.82. The van der Waals surface area contributed by atoms with Gasteiger partial charge in [0.2, 0.25) is 0 Å². The quantitative estimate of drug-likeness (QED) is 0.787. The lowest BCUT2D eigenvalue weighted by atomic mass is 10.1. The number of hydrogen-bond donors (Lipinski definition) is 1. The molecule has 2 aromatic carbocycles. The van der Waals surface area contributed by atoms with Gasteiger partial charge in [0.25, 0.3) is 0 Å². The first kappa shape index (κ1) is 12.4. The van der Waals surface area contributed by atoms with Crippen molar-refractivity contribution in [2.75, 3.05) is 5.32 Å². The molecule has 20 heavy (non-hydrogen) atoms. The van der Waals surface area contributed by atoms with E-state index in [2.05, 4.69) is 58.8 Å². The van der Waals surface area contributed by atoms with Crippen LogP contribution in [0.5, 0.6) is 0 Å². The van der Waals surface area contributed by atoms with Gasteiger partial charge in [-0.25, -0.2) is 0 Å². The minimum Gasteiger partial charge on any atom is -0.381 e. The highest BCUT2D eigenvalue weighted by atomic mass is 15.2. The van der Waals surface area contributed by atoms with E-state index in [1.807, 2.05) is 16.7 Å². The summed E-state index contributed by atoms with van der Waals surface area (Å²) < 4.78 is 1.89. The fraction of sp³-hybridized carbons (Fsp3) is 0.125. The highest BCUT2D eigenvalue weighted by Gasteiger charge is 1.99. The van der Waals surface area contributed by atoms with Crippen molar-refractivity contribution in [1.82, 2.24) is 14.8 Å². The molecule has 0 saturated heterocycles. The monoisotopic (exact) mass is 264 g/mol. The molecule has 0 aliphatic heterocycles. The average molecular weight is 264 g/mol. The second-order valence-electron chi connectivity index (χ2n) is 4.76. The number of anilines is 1. The van der Waals surface area contributed by atoms with Crippen molar-refractivity contribution in [3.8, 4) is 5.69 Å². The molecule has 0 aliphatic carbocycles. The lowest BCUT2D eigenvalue weighted by molar-refractivity contribution is 1.05. The number of rotatable bonds is 4. The van der Waals surface area contributed by atoms with Crippen LogP contribution >= 0.6 is 0 Å². The van der Waals surface area contributed by atoms with E-state index in [1.54, 1.807) is 12.7 Å². The van der Waals surface area contributed by atoms with E-state index >= 15 is 0 Å². The van der Waals surface area contributed by atoms with E-state index in [4.69, 9.17) is 0 Å². The van der Waals surface area contributed by atoms with Crippen LogP contribution in [0.1, 0.15) is 11.1 Å². The van der Waals surface area contributed by atoms with Crippen LogP contribution in [0.2, 0.25) is 0 Å². The molecule has 0 saturated carbocycles. The third-order valence-electron chi connectivity index (χ3n) is 3.14. The van der Waals surface area contributed by atoms with E-state index < -0.39 is 0 Å². The van der Waals surface area contributed by atoms with Gasteiger partial charge in [0.15, 0.2) is 0 Å². The molecule has 0 spiro atoms. The summed E-state index contributed by atoms with van der Waals surface area (Å²) in [7, 11) is 0. The predicted molar refractivity (Wildman–Crippen MR) is 79.9 cm³/mol. The number of nitrogens with zero attached hydrogens (tertiary/aromatic N) is 3. The van der Waals surface area contributed by atoms with Gasteiger partial charge in [-0.2, -0.15) is 0 Å². The molecule has 0 fully saturated rings. The van der Waals surface area contributed by atoms with Crippen molar-refractivity contribution < 1.29 is 0 Å². The zero-order valence-electron chi connectivity index (χ0n) is 11.3. The lowest BCUT2D eigenvalue weighted by Gasteiger charge is -2.09. The van der Waals surface area contributed by atoms with E-state index in [-0.39, 0.29) is 0 Å². The third-order valence-corrected chi connectivity index (χ3v) is 3.14. The molecule has 0 unspecified atom stereocenters. The summed E-state index contributed by atoms with van der Waals surface area (Å²) in [4.78, 5) is 0. The van der Waals surface area contributed by atoms with Gasteiger partial charge in [-0.05, 0) is 30.7 Å². The summed E-state index contributed by atoms with van der Waals surface area (Å²) in [6.07, 6.45) is 3.39. The Kier molecular flexibility index (Phi) is 3.46. The van der Waals surface area contributed by atoms with Gasteiger partial charge in [0, 0.05) is 12.2 Å². The van der Waals surface area contributed by atoms with Gasteiger partial charge in [-0.1, -0.05) is 35.9 Å². The predicted octanol–water partition coefficient (Wildman–Crippen LogP) is 3.19. The van der Waals surface area contributed by atoms with Crippen molar-refractivity contribution in [3.05, 3.63) is 72.3 Å². The van der Waals surface area contributed by atoms with Crippen LogP contribution in [-0.2, 0) is 6.54 Å². The van der Waals surface area contributed by atoms with Gasteiger partial charge in [0.1, 0.15) is 12.7 Å². The Bertz CT molecular complexity index is 689. The van der Waals surface area contributed by atoms with Gasteiger partial charge in [0.05, 0.1) is 5.69 Å². The molecule has 0 radical (unpaired) electrons. The zero-order valence-corrected chi connectivity index (χ0v) is 11.3. The number of benzene rings is 2. The molecule has 0 atom stereocenters. The third kappa shape index (κ3) is 2.85. The Morgan fingerprint density at radius 2 is 1.80 bits per heavy atom. The van der Waals surface area contributed by atoms with Crippen LogP contribution in [0.3, 0.4) is 0 Å². The Hall–Kier alpha value is -2.62. The van der Waals surface area contributed by atoms with Crippen LogP contribution in [0, 0.1) is 6.92 Å². The van der Waals surface area contributed by atoms with Crippen LogP contribution in [-0.4, -0.2) is 14.8 Å². The first-order chi connectivity index (χ1) is 9.81. The second-order valence-corrected chi connectivity index (χ2v) is 4.76. The van der Waals surface area contributed by atoms with Crippen LogP contribution in [0.4, 0.5) is 5.69 Å². The number of aromatic nitrogens is 3. The molecule has 4 heteroatoms. The average Bonchev–Trinajstić information content (AvgIpc) is 3.00. The van der Waals surface area contributed by atoms with Gasteiger partial charge in [-0.15, -0.1) is 10.2 Å². The number of aryl methyl sites for hydroxylation is 1. The number of hydrogen-bond acceptors (Lipinski definition) is 3. The summed E-state index contributed by atoms with van der Waals surface area (Å²) in [5.41, 5.74) is 4.68. The molecule has 0 amide bonds. The molecule has 3 aromatic rings. The number of nitrogens with one attached hydrogen (secondary N) is 1. The Morgan fingerprint density at radius 1 is 1.00 bits per heavy atom. The summed E-state index contributed by atoms with van der Waals surface area (Å²) in [5.74, 6) is 0. The normalized spacial score (nSPS) is 10.4. The van der Waals surface area contributed by atoms with E-state index in [0.29, 0.717) is 0 Å². The van der Waals surface area contributed by atoms with Gasteiger partial charge < -0.3 is 5.32 Å². The first-order valence-electron chi connectivity index (χ1n) is 6.56. The maximum Gasteiger partial charge on any atom is 0.123 e. The molecular weight excluding hydrogens is 248 g/mol. The molecular formula is C16H16N4. The molecule has 0 aliphatic rings. The van der Waals surface area contributed by atoms with Crippen molar-refractivity contribution in [1.29, 1.82) is 0 Å². The van der Waals surface area contributed by atoms with Crippen molar-refractivity contribution in [2.45, 2.75) is 13.5 Å². The molecule has 1 aromatic heterocycles. The molecule has 4 nitrogen and oxygen atoms in total. The molecule has 0 bridgehead atoms. The summed E-state index contributed by atoms with van der Waals surface area (Å²) >= 11 is 0. The van der Waals surface area contributed by atoms with Gasteiger partial charge in [-0.3, -0.25) is 4.57 Å². The van der Waals surface area contributed by atoms with Crippen molar-refractivity contribution in [3.63, 3.8) is 0 Å². The van der Waals surface area contributed by atoms with Crippen molar-refractivity contribution >= 4 is 5.69 Å². The largest absolute Gasteiger partial charge is 0.381 e. The van der Waals surface area contributed by atoms with E-state index in [0.717, 1.165) is 17.9 Å². The highest BCUT2D eigenvalue weighted by molar-refractivity contribution is 5.51. The Morgan fingerprint density at radius 3 is 2.60 bits per heavy atom. The fourth-order valence-corrected chi connectivity index (χ4v) is 2.14.